The van der Waals surface area contributed by atoms with Gasteiger partial charge in [-0.2, -0.15) is 15.1 Å². The standard InChI is InChI=1S/C31H38N8O4S/c1-18(2)43-26-14-20-17-39(21-10-12-38(5)13-11-21)30(40)22(20)15-25(26)34-31-35-28(23-16-32-37-29(23)36-31)33-24-8-6-7-9-27(24)44(41,42)19(3)4/h6-9,14-16,18-19,21H,10-13,17H2,1-5H3,(H3,32,33,34,35,36,37). The molecule has 1 fully saturated rings. The van der Waals surface area contributed by atoms with E-state index >= 15 is 0 Å². The number of likely N-dealkylation sites (tertiary alicyclic amines) is 1. The number of rotatable bonds is 9. The van der Waals surface area contributed by atoms with Gasteiger partial charge in [0.25, 0.3) is 5.91 Å². The van der Waals surface area contributed by atoms with Crippen molar-refractivity contribution < 1.29 is 17.9 Å². The lowest BCUT2D eigenvalue weighted by Crippen LogP contribution is -2.43. The summed E-state index contributed by atoms with van der Waals surface area (Å²) in [5, 5.41) is 13.5. The number of piperidine rings is 1. The van der Waals surface area contributed by atoms with Gasteiger partial charge in [-0.25, -0.2) is 8.42 Å². The molecule has 2 aliphatic rings. The van der Waals surface area contributed by atoms with Crippen LogP contribution >= 0.6 is 0 Å². The number of amides is 1. The SMILES string of the molecule is CC(C)Oc1cc2c(cc1Nc1nc(Nc3ccccc3S(=O)(=O)C(C)C)c3cn[nH]c3n1)C(=O)N(C1CCN(C)CC1)C2. The molecule has 0 saturated carbocycles. The molecule has 0 spiro atoms. The predicted molar refractivity (Wildman–Crippen MR) is 170 cm³/mol. The van der Waals surface area contributed by atoms with Gasteiger partial charge >= 0.3 is 0 Å². The van der Waals surface area contributed by atoms with Crippen molar-refractivity contribution in [2.45, 2.75) is 69.4 Å². The highest BCUT2D eigenvalue weighted by molar-refractivity contribution is 7.92. The third kappa shape index (κ3) is 5.69. The number of ether oxygens (including phenoxy) is 1. The van der Waals surface area contributed by atoms with E-state index in [4.69, 9.17) is 9.72 Å². The van der Waals surface area contributed by atoms with Gasteiger partial charge in [-0.3, -0.25) is 9.89 Å². The first-order valence-electron chi connectivity index (χ1n) is 14.9. The number of benzene rings is 2. The van der Waals surface area contributed by atoms with Crippen molar-refractivity contribution in [3.05, 3.63) is 53.7 Å². The Kier molecular flexibility index (Phi) is 7.93. The molecule has 44 heavy (non-hydrogen) atoms. The number of aromatic amines is 1. The largest absolute Gasteiger partial charge is 0.489 e. The van der Waals surface area contributed by atoms with Crippen LogP contribution in [0.4, 0.5) is 23.1 Å². The molecule has 4 aromatic rings. The van der Waals surface area contributed by atoms with Gasteiger partial charge in [0.15, 0.2) is 15.5 Å². The lowest BCUT2D eigenvalue weighted by molar-refractivity contribution is 0.0617. The van der Waals surface area contributed by atoms with E-state index in [2.05, 4.69) is 37.8 Å². The Bertz CT molecular complexity index is 1810. The molecule has 6 rings (SSSR count). The molecule has 13 heteroatoms. The third-order valence-electron chi connectivity index (χ3n) is 8.15. The number of carbonyl (C=O) groups excluding carboxylic acids is 1. The van der Waals surface area contributed by atoms with Crippen LogP contribution in [0.25, 0.3) is 11.0 Å². The molecule has 0 unspecified atom stereocenters. The minimum atomic E-state index is -3.57. The summed E-state index contributed by atoms with van der Waals surface area (Å²) in [6, 6.07) is 10.7. The Morgan fingerprint density at radius 1 is 1.02 bits per heavy atom. The van der Waals surface area contributed by atoms with Crippen molar-refractivity contribution in [3.8, 4) is 5.75 Å². The Balaban J connectivity index is 1.35. The summed E-state index contributed by atoms with van der Waals surface area (Å²) >= 11 is 0. The summed E-state index contributed by atoms with van der Waals surface area (Å²) in [5.41, 5.74) is 2.98. The maximum Gasteiger partial charge on any atom is 0.254 e. The van der Waals surface area contributed by atoms with Crippen molar-refractivity contribution in [2.24, 2.45) is 0 Å². The van der Waals surface area contributed by atoms with Gasteiger partial charge < -0.3 is 25.2 Å². The molecule has 2 aromatic carbocycles. The molecule has 1 amide bonds. The van der Waals surface area contributed by atoms with E-state index in [1.165, 1.54) is 0 Å². The van der Waals surface area contributed by atoms with Crippen molar-refractivity contribution in [3.63, 3.8) is 0 Å². The number of H-pyrrole nitrogens is 1. The molecule has 2 aromatic heterocycles. The first-order chi connectivity index (χ1) is 21.0. The molecule has 0 aliphatic carbocycles. The third-order valence-corrected chi connectivity index (χ3v) is 10.4. The number of nitrogens with one attached hydrogen (secondary N) is 3. The predicted octanol–water partition coefficient (Wildman–Crippen LogP) is 4.86. The fraction of sp³-hybridized carbons (Fsp3) is 0.419. The number of hydrogen-bond acceptors (Lipinski definition) is 10. The number of nitrogens with zero attached hydrogens (tertiary/aromatic N) is 5. The maximum atomic E-state index is 13.6. The highest BCUT2D eigenvalue weighted by Gasteiger charge is 2.35. The number of aromatic nitrogens is 4. The molecule has 4 heterocycles. The normalized spacial score (nSPS) is 16.2. The lowest BCUT2D eigenvalue weighted by Gasteiger charge is -2.34. The Labute approximate surface area is 257 Å². The highest BCUT2D eigenvalue weighted by atomic mass is 32.2. The minimum absolute atomic E-state index is 0.0176. The highest BCUT2D eigenvalue weighted by Crippen LogP contribution is 2.38. The second kappa shape index (κ2) is 11.7. The van der Waals surface area contributed by atoms with Crippen LogP contribution in [-0.4, -0.2) is 81.8 Å². The zero-order chi connectivity index (χ0) is 31.2. The summed E-state index contributed by atoms with van der Waals surface area (Å²) in [6.45, 7) is 9.70. The summed E-state index contributed by atoms with van der Waals surface area (Å²) in [7, 11) is -1.46. The summed E-state index contributed by atoms with van der Waals surface area (Å²) < 4.78 is 32.4. The van der Waals surface area contributed by atoms with Crippen LogP contribution in [0.1, 0.15) is 56.5 Å². The molecule has 232 valence electrons. The van der Waals surface area contributed by atoms with Crippen LogP contribution in [0.5, 0.6) is 5.75 Å². The molecular weight excluding hydrogens is 580 g/mol. The number of sulfone groups is 1. The fourth-order valence-electron chi connectivity index (χ4n) is 5.72. The van der Waals surface area contributed by atoms with Gasteiger partial charge in [-0.05, 0) is 90.5 Å². The van der Waals surface area contributed by atoms with Crippen molar-refractivity contribution in [1.82, 2.24) is 30.0 Å². The monoisotopic (exact) mass is 618 g/mol. The average molecular weight is 619 g/mol. The Morgan fingerprint density at radius 2 is 1.77 bits per heavy atom. The van der Waals surface area contributed by atoms with Crippen LogP contribution < -0.4 is 15.4 Å². The van der Waals surface area contributed by atoms with Crippen LogP contribution in [0.15, 0.2) is 47.5 Å². The van der Waals surface area contributed by atoms with Crippen LogP contribution in [-0.2, 0) is 16.4 Å². The van der Waals surface area contributed by atoms with E-state index in [0.29, 0.717) is 46.1 Å². The molecule has 12 nitrogen and oxygen atoms in total. The van der Waals surface area contributed by atoms with E-state index in [0.717, 1.165) is 31.5 Å². The lowest BCUT2D eigenvalue weighted by atomic mass is 10.0. The first kappa shape index (κ1) is 29.8. The smallest absolute Gasteiger partial charge is 0.254 e. The van der Waals surface area contributed by atoms with E-state index in [1.54, 1.807) is 44.3 Å². The Hall–Kier alpha value is -4.23. The molecule has 0 bridgehead atoms. The van der Waals surface area contributed by atoms with E-state index < -0.39 is 15.1 Å². The zero-order valence-corrected chi connectivity index (χ0v) is 26.4. The molecule has 0 atom stereocenters. The summed E-state index contributed by atoms with van der Waals surface area (Å²) in [5.74, 6) is 1.20. The van der Waals surface area contributed by atoms with E-state index in [-0.39, 0.29) is 28.9 Å². The Morgan fingerprint density at radius 3 is 2.50 bits per heavy atom. The molecule has 1 saturated heterocycles. The minimum Gasteiger partial charge on any atom is -0.489 e. The van der Waals surface area contributed by atoms with Crippen LogP contribution in [0.3, 0.4) is 0 Å². The molecular formula is C31H38N8O4S. The number of para-hydroxylation sites is 1. The van der Waals surface area contributed by atoms with Gasteiger partial charge in [0, 0.05) is 18.2 Å². The van der Waals surface area contributed by atoms with Crippen molar-refractivity contribution in [2.75, 3.05) is 30.8 Å². The van der Waals surface area contributed by atoms with Crippen molar-refractivity contribution in [1.29, 1.82) is 0 Å². The molecule has 0 radical (unpaired) electrons. The van der Waals surface area contributed by atoms with E-state index in [9.17, 15) is 13.2 Å². The topological polar surface area (TPSA) is 145 Å². The second-order valence-corrected chi connectivity index (χ2v) is 14.5. The van der Waals surface area contributed by atoms with Crippen LogP contribution in [0.2, 0.25) is 0 Å². The maximum absolute atomic E-state index is 13.6. The fourth-order valence-corrected chi connectivity index (χ4v) is 6.92. The van der Waals surface area contributed by atoms with Gasteiger partial charge in [-0.15, -0.1) is 0 Å². The summed E-state index contributed by atoms with van der Waals surface area (Å²) in [4.78, 5) is 27.4. The number of fused-ring (bicyclic) bond motifs is 2. The molecule has 3 N–H and O–H groups in total. The number of anilines is 4. The van der Waals surface area contributed by atoms with Gasteiger partial charge in [0.2, 0.25) is 5.95 Å². The second-order valence-electron chi connectivity index (χ2n) is 12.0. The first-order valence-corrected chi connectivity index (χ1v) is 16.5. The zero-order valence-electron chi connectivity index (χ0n) is 25.6. The van der Waals surface area contributed by atoms with Crippen molar-refractivity contribution >= 4 is 49.9 Å². The van der Waals surface area contributed by atoms with E-state index in [1.807, 2.05) is 30.9 Å². The van der Waals surface area contributed by atoms with Gasteiger partial charge in [0.05, 0.1) is 39.2 Å². The van der Waals surface area contributed by atoms with Crippen LogP contribution in [0, 0.1) is 0 Å². The van der Waals surface area contributed by atoms with Gasteiger partial charge in [-0.1, -0.05) is 12.1 Å². The molecule has 2 aliphatic heterocycles. The quantitative estimate of drug-likeness (QED) is 0.238. The van der Waals surface area contributed by atoms with Gasteiger partial charge in [0.1, 0.15) is 11.6 Å². The average Bonchev–Trinajstić information content (AvgIpc) is 3.58. The summed E-state index contributed by atoms with van der Waals surface area (Å²) in [6.07, 6.45) is 3.38. The number of hydrogen-bond donors (Lipinski definition) is 3. The number of carbonyl (C=O) groups is 1.